The molecule has 4 aliphatic rings. The number of nitrogens with one attached hydrogen (secondary N) is 3. The van der Waals surface area contributed by atoms with Crippen LogP contribution in [0.1, 0.15) is 48.8 Å². The van der Waals surface area contributed by atoms with Crippen LogP contribution in [0.3, 0.4) is 0 Å². The zero-order valence-corrected chi connectivity index (χ0v) is 38.1. The molecule has 14 nitrogen and oxygen atoms in total. The van der Waals surface area contributed by atoms with Crippen molar-refractivity contribution in [1.82, 2.24) is 30.0 Å². The van der Waals surface area contributed by atoms with Gasteiger partial charge in [0.25, 0.3) is 0 Å². The van der Waals surface area contributed by atoms with E-state index in [1.807, 2.05) is 54.5 Å². The van der Waals surface area contributed by atoms with Gasteiger partial charge >= 0.3 is 0 Å². The van der Waals surface area contributed by atoms with Crippen molar-refractivity contribution in [3.63, 3.8) is 0 Å². The smallest absolute Gasteiger partial charge is 0.249 e. The van der Waals surface area contributed by atoms with Crippen LogP contribution in [0.25, 0.3) is 5.70 Å². The summed E-state index contributed by atoms with van der Waals surface area (Å²) in [4.78, 5) is 54.7. The number of carbonyl (C=O) groups excluding carboxylic acids is 3. The highest BCUT2D eigenvalue weighted by molar-refractivity contribution is 7.70. The Balaban J connectivity index is 0.00000595. The number of amides is 2. The first-order chi connectivity index (χ1) is 30.0. The van der Waals surface area contributed by atoms with E-state index in [4.69, 9.17) is 16.3 Å². The van der Waals surface area contributed by atoms with E-state index in [0.717, 1.165) is 98.4 Å². The van der Waals surface area contributed by atoms with Gasteiger partial charge in [0.1, 0.15) is 29.7 Å². The van der Waals surface area contributed by atoms with Gasteiger partial charge in [-0.25, -0.2) is 9.78 Å². The molecule has 3 aromatic carbocycles. The van der Waals surface area contributed by atoms with Gasteiger partial charge in [-0.3, -0.25) is 24.7 Å². The van der Waals surface area contributed by atoms with E-state index in [9.17, 15) is 18.9 Å². The monoisotopic (exact) mass is 911 g/mol. The molecule has 4 aliphatic heterocycles. The van der Waals surface area contributed by atoms with Crippen molar-refractivity contribution in [2.75, 3.05) is 81.8 Å². The Bertz CT molecular complexity index is 2520. The van der Waals surface area contributed by atoms with Crippen LogP contribution >= 0.6 is 31.1 Å². The van der Waals surface area contributed by atoms with E-state index in [1.54, 1.807) is 25.3 Å². The van der Waals surface area contributed by atoms with E-state index in [1.165, 1.54) is 6.20 Å². The summed E-state index contributed by atoms with van der Waals surface area (Å²) >= 11 is 6.49. The molecule has 330 valence electrons. The SMILES string of the molecule is COc1cc(N2CCC(N3CCN(CCC#Cc4cccc5c4CN(C4CCC(=O)NC4=O)C5=C=O)CC3)CC2)ccc1Nc1ncc(Cl)c(Nc2ccccc2P(C)(C)=O)n1.Cl. The second kappa shape index (κ2) is 20.0. The molecule has 17 heteroatoms. The number of carbonyl (C=O) groups is 2. The molecule has 3 saturated heterocycles. The molecule has 8 rings (SSSR count). The van der Waals surface area contributed by atoms with Gasteiger partial charge in [-0.05, 0) is 68.5 Å². The van der Waals surface area contributed by atoms with Crippen LogP contribution in [0.4, 0.5) is 28.8 Å². The minimum atomic E-state index is -2.55. The minimum Gasteiger partial charge on any atom is -0.494 e. The number of aromatic nitrogens is 2. The van der Waals surface area contributed by atoms with Gasteiger partial charge in [0.2, 0.25) is 17.8 Å². The van der Waals surface area contributed by atoms with Crippen molar-refractivity contribution in [3.05, 3.63) is 88.6 Å². The van der Waals surface area contributed by atoms with Crippen molar-refractivity contribution in [2.24, 2.45) is 0 Å². The van der Waals surface area contributed by atoms with Gasteiger partial charge in [-0.1, -0.05) is 47.7 Å². The first-order valence-corrected chi connectivity index (χ1v) is 24.0. The molecule has 0 saturated carbocycles. The molecule has 1 aromatic heterocycles. The zero-order valence-electron chi connectivity index (χ0n) is 35.7. The average molecular weight is 913 g/mol. The van der Waals surface area contributed by atoms with Crippen LogP contribution in [0.5, 0.6) is 5.75 Å². The number of methoxy groups -OCH3 is 1. The first-order valence-electron chi connectivity index (χ1n) is 21.1. The highest BCUT2D eigenvalue weighted by Gasteiger charge is 2.38. The number of imide groups is 1. The second-order valence-electron chi connectivity index (χ2n) is 16.4. The predicted octanol–water partition coefficient (Wildman–Crippen LogP) is 6.12. The standard InChI is InChI=1S/C46H51ClN9O5P.ClH/c1-61-41-27-33(14-15-37(41)50-46-48-28-36(47)44(52-46)49-38-12-4-5-13-42(38)62(2,3)60)54-21-18-32(19-22-54)55-25-23-53(24-26-55)20-7-6-9-31-10-8-11-34-35(31)29-56(40(34)30-57)39-16-17-43(58)51-45(39)59;/h4-5,8,10-15,27-28,32,39H,7,16-26,29H2,1-3H3,(H,51,58,59)(H2,48,49,50,52);1H. The van der Waals surface area contributed by atoms with Crippen LogP contribution in [-0.4, -0.2) is 121 Å². The largest absolute Gasteiger partial charge is 0.494 e. The molecule has 5 heterocycles. The molecule has 2 amide bonds. The van der Waals surface area contributed by atoms with E-state index in [-0.39, 0.29) is 30.6 Å². The van der Waals surface area contributed by atoms with Crippen LogP contribution in [0.15, 0.2) is 66.9 Å². The Kier molecular flexibility index (Phi) is 14.5. The Hall–Kier alpha value is -5.38. The number of ether oxygens (including phenoxy) is 1. The van der Waals surface area contributed by atoms with Crippen molar-refractivity contribution in [2.45, 2.75) is 50.7 Å². The van der Waals surface area contributed by atoms with E-state index in [2.05, 4.69) is 64.6 Å². The summed E-state index contributed by atoms with van der Waals surface area (Å²) in [6.07, 6.45) is 5.04. The van der Waals surface area contributed by atoms with Crippen molar-refractivity contribution in [1.29, 1.82) is 0 Å². The number of piperazine rings is 1. The maximum absolute atomic E-state index is 12.9. The van der Waals surface area contributed by atoms with Crippen LogP contribution < -0.4 is 30.9 Å². The summed E-state index contributed by atoms with van der Waals surface area (Å²) < 4.78 is 18.7. The predicted molar refractivity (Wildman–Crippen MR) is 251 cm³/mol. The number of hydrogen-bond donors (Lipinski definition) is 3. The van der Waals surface area contributed by atoms with E-state index in [0.29, 0.717) is 52.9 Å². The quantitative estimate of drug-likeness (QED) is 0.0687. The summed E-state index contributed by atoms with van der Waals surface area (Å²) in [6, 6.07) is 19.3. The molecule has 3 fully saturated rings. The van der Waals surface area contributed by atoms with Gasteiger partial charge in [0, 0.05) is 99.4 Å². The van der Waals surface area contributed by atoms with Gasteiger partial charge in [-0.15, -0.1) is 12.4 Å². The lowest BCUT2D eigenvalue weighted by molar-refractivity contribution is -0.136. The van der Waals surface area contributed by atoms with Gasteiger partial charge in [-0.2, -0.15) is 4.98 Å². The molecular formula is C46H52Cl2N9O5P. The number of fused-ring (bicyclic) bond motifs is 1. The van der Waals surface area contributed by atoms with Crippen molar-refractivity contribution >= 4 is 88.7 Å². The normalized spacial score (nSPS) is 18.4. The Labute approximate surface area is 379 Å². The summed E-state index contributed by atoms with van der Waals surface area (Å²) in [5, 5.41) is 9.99. The summed E-state index contributed by atoms with van der Waals surface area (Å²) in [6.45, 7) is 10.7. The number of piperidine rings is 2. The number of benzene rings is 3. The van der Waals surface area contributed by atoms with Crippen LogP contribution in [0, 0.1) is 11.8 Å². The average Bonchev–Trinajstić information content (AvgIpc) is 3.65. The highest BCUT2D eigenvalue weighted by Crippen LogP contribution is 2.40. The zero-order chi connectivity index (χ0) is 43.4. The Morgan fingerprint density at radius 1 is 0.952 bits per heavy atom. The maximum atomic E-state index is 12.9. The van der Waals surface area contributed by atoms with Gasteiger partial charge in [0.05, 0.1) is 24.7 Å². The molecule has 3 N–H and O–H groups in total. The fraction of sp³-hybridized carbons (Fsp3) is 0.391. The summed E-state index contributed by atoms with van der Waals surface area (Å²) in [5.74, 6) is 9.51. The van der Waals surface area contributed by atoms with Crippen LogP contribution in [-0.2, 0) is 25.5 Å². The second-order valence-corrected chi connectivity index (χ2v) is 20.0. The molecule has 0 bridgehead atoms. The molecule has 0 aliphatic carbocycles. The third-order valence-corrected chi connectivity index (χ3v) is 14.0. The third kappa shape index (κ3) is 10.4. The van der Waals surface area contributed by atoms with Crippen LogP contribution in [0.2, 0.25) is 5.02 Å². The molecule has 0 spiro atoms. The molecule has 4 aromatic rings. The highest BCUT2D eigenvalue weighted by atomic mass is 35.5. The minimum absolute atomic E-state index is 0. The Morgan fingerprint density at radius 3 is 2.46 bits per heavy atom. The molecular weight excluding hydrogens is 860 g/mol. The molecule has 63 heavy (non-hydrogen) atoms. The number of anilines is 5. The van der Waals surface area contributed by atoms with Crippen molar-refractivity contribution in [3.8, 4) is 17.6 Å². The van der Waals surface area contributed by atoms with Crippen molar-refractivity contribution < 1.29 is 23.7 Å². The number of halogens is 2. The fourth-order valence-electron chi connectivity index (χ4n) is 8.86. The van der Waals surface area contributed by atoms with E-state index < -0.39 is 13.2 Å². The molecule has 1 atom stereocenters. The Morgan fingerprint density at radius 2 is 1.73 bits per heavy atom. The topological polar surface area (TPSA) is 152 Å². The van der Waals surface area contributed by atoms with Gasteiger partial charge < -0.3 is 29.7 Å². The lowest BCUT2D eigenvalue weighted by Gasteiger charge is -2.43. The lowest BCUT2D eigenvalue weighted by Crippen LogP contribution is -2.53. The van der Waals surface area contributed by atoms with E-state index >= 15 is 0 Å². The number of nitrogens with zero attached hydrogens (tertiary/aromatic N) is 6. The summed E-state index contributed by atoms with van der Waals surface area (Å²) in [5.41, 5.74) is 5.40. The van der Waals surface area contributed by atoms with Gasteiger partial charge in [0.15, 0.2) is 11.8 Å². The summed E-state index contributed by atoms with van der Waals surface area (Å²) in [7, 11) is -0.896. The molecule has 0 radical (unpaired) electrons. The third-order valence-electron chi connectivity index (χ3n) is 12.2. The number of rotatable bonds is 11. The number of para-hydroxylation sites is 1. The number of hydrogen-bond acceptors (Lipinski definition) is 13. The first kappa shape index (κ1) is 45.6. The fourth-order valence-corrected chi connectivity index (χ4v) is 10.2. The lowest BCUT2D eigenvalue weighted by atomic mass is 10.0. The maximum Gasteiger partial charge on any atom is 0.249 e. The molecule has 1 unspecified atom stereocenters.